The van der Waals surface area contributed by atoms with Gasteiger partial charge in [0.1, 0.15) is 11.4 Å². The van der Waals surface area contributed by atoms with Crippen molar-refractivity contribution in [1.82, 2.24) is 0 Å². The van der Waals surface area contributed by atoms with Gasteiger partial charge in [0, 0.05) is 16.8 Å². The number of para-hydroxylation sites is 2. The van der Waals surface area contributed by atoms with Crippen LogP contribution in [-0.2, 0) is 0 Å². The lowest BCUT2D eigenvalue weighted by Crippen LogP contribution is -1.81. The van der Waals surface area contributed by atoms with Crippen LogP contribution in [0.2, 0.25) is 5.02 Å². The molecule has 1 N–H and O–H groups in total. The number of hydrogen-bond acceptors (Lipinski definition) is 2. The Morgan fingerprint density at radius 3 is 2.44 bits per heavy atom. The molecule has 0 atom stereocenters. The van der Waals surface area contributed by atoms with E-state index in [1.54, 1.807) is 30.5 Å². The number of phenolic OH excluding ortho intramolecular Hbond substituents is 1. The lowest BCUT2D eigenvalue weighted by Gasteiger charge is -1.98. The van der Waals surface area contributed by atoms with Crippen molar-refractivity contribution < 1.29 is 5.11 Å². The number of benzene rings is 2. The summed E-state index contributed by atoms with van der Waals surface area (Å²) in [6.45, 7) is 0. The Morgan fingerprint density at radius 1 is 1.00 bits per heavy atom. The molecule has 0 heterocycles. The molecule has 0 aliphatic heterocycles. The van der Waals surface area contributed by atoms with Gasteiger partial charge in [-0.3, -0.25) is 4.99 Å². The van der Waals surface area contributed by atoms with Crippen LogP contribution in [0.4, 0.5) is 5.69 Å². The summed E-state index contributed by atoms with van der Waals surface area (Å²) in [5, 5.41) is 10.2. The summed E-state index contributed by atoms with van der Waals surface area (Å²) < 4.78 is 0. The van der Waals surface area contributed by atoms with Crippen molar-refractivity contribution in [3.63, 3.8) is 0 Å². The third-order valence-electron chi connectivity index (χ3n) is 2.13. The second-order valence-electron chi connectivity index (χ2n) is 3.27. The first kappa shape index (κ1) is 10.7. The number of aromatic hydroxyl groups is 1. The number of hydrogen-bond donors (Lipinski definition) is 1. The van der Waals surface area contributed by atoms with E-state index in [-0.39, 0.29) is 5.75 Å². The fourth-order valence-corrected chi connectivity index (χ4v) is 1.48. The van der Waals surface area contributed by atoms with E-state index in [1.807, 2.05) is 24.3 Å². The lowest BCUT2D eigenvalue weighted by atomic mass is 10.2. The quantitative estimate of drug-likeness (QED) is 0.784. The van der Waals surface area contributed by atoms with Crippen LogP contribution in [0.1, 0.15) is 5.56 Å². The molecule has 0 aliphatic rings. The molecule has 2 aromatic carbocycles. The van der Waals surface area contributed by atoms with Crippen LogP contribution in [0.5, 0.6) is 5.75 Å². The summed E-state index contributed by atoms with van der Waals surface area (Å²) in [5.74, 6) is 0.158. The van der Waals surface area contributed by atoms with Gasteiger partial charge in [-0.15, -0.1) is 0 Å². The standard InChI is InChI=1S/C13H10ClNO/c14-11-6-2-1-5-10(11)9-15-12-7-3-4-8-13(12)16/h1-9,16H. The van der Waals surface area contributed by atoms with Gasteiger partial charge in [0.15, 0.2) is 0 Å². The average Bonchev–Trinajstić information content (AvgIpc) is 2.30. The Bertz CT molecular complexity index is 475. The van der Waals surface area contributed by atoms with Crippen molar-refractivity contribution in [1.29, 1.82) is 0 Å². The zero-order valence-electron chi connectivity index (χ0n) is 8.47. The van der Waals surface area contributed by atoms with Crippen molar-refractivity contribution in [3.8, 4) is 5.75 Å². The highest BCUT2D eigenvalue weighted by molar-refractivity contribution is 6.33. The van der Waals surface area contributed by atoms with E-state index in [1.165, 1.54) is 0 Å². The Morgan fingerprint density at radius 2 is 1.69 bits per heavy atom. The minimum atomic E-state index is 0.158. The molecule has 0 amide bonds. The summed E-state index contributed by atoms with van der Waals surface area (Å²) in [6, 6.07) is 14.3. The summed E-state index contributed by atoms with van der Waals surface area (Å²) in [7, 11) is 0. The molecular weight excluding hydrogens is 222 g/mol. The maximum absolute atomic E-state index is 9.51. The lowest BCUT2D eigenvalue weighted by molar-refractivity contribution is 0.477. The van der Waals surface area contributed by atoms with E-state index in [9.17, 15) is 5.11 Å². The first-order valence-electron chi connectivity index (χ1n) is 4.84. The monoisotopic (exact) mass is 231 g/mol. The van der Waals surface area contributed by atoms with Crippen molar-refractivity contribution in [2.24, 2.45) is 4.99 Å². The van der Waals surface area contributed by atoms with E-state index in [4.69, 9.17) is 11.6 Å². The van der Waals surface area contributed by atoms with Gasteiger partial charge < -0.3 is 5.11 Å². The molecule has 0 saturated heterocycles. The summed E-state index contributed by atoms with van der Waals surface area (Å²) in [6.07, 6.45) is 1.64. The molecule has 2 rings (SSSR count). The predicted molar refractivity (Wildman–Crippen MR) is 66.8 cm³/mol. The number of nitrogens with zero attached hydrogens (tertiary/aromatic N) is 1. The van der Waals surface area contributed by atoms with E-state index in [2.05, 4.69) is 4.99 Å². The van der Waals surface area contributed by atoms with Crippen LogP contribution < -0.4 is 0 Å². The highest BCUT2D eigenvalue weighted by Gasteiger charge is 1.97. The molecular formula is C13H10ClNO. The van der Waals surface area contributed by atoms with Crippen LogP contribution in [0.15, 0.2) is 53.5 Å². The molecule has 0 radical (unpaired) electrons. The van der Waals surface area contributed by atoms with Gasteiger partial charge in [-0.05, 0) is 18.2 Å². The molecule has 0 aromatic heterocycles. The normalized spacial score (nSPS) is 10.8. The molecule has 16 heavy (non-hydrogen) atoms. The SMILES string of the molecule is Oc1ccccc1N=Cc1ccccc1Cl. The second-order valence-corrected chi connectivity index (χ2v) is 3.68. The van der Waals surface area contributed by atoms with Crippen LogP contribution in [0, 0.1) is 0 Å². The zero-order chi connectivity index (χ0) is 11.4. The Balaban J connectivity index is 2.29. The predicted octanol–water partition coefficient (Wildman–Crippen LogP) is 3.80. The van der Waals surface area contributed by atoms with E-state index in [0.717, 1.165) is 5.56 Å². The topological polar surface area (TPSA) is 32.6 Å². The fourth-order valence-electron chi connectivity index (χ4n) is 1.29. The van der Waals surface area contributed by atoms with Crippen LogP contribution in [0.25, 0.3) is 0 Å². The van der Waals surface area contributed by atoms with Gasteiger partial charge in [0.05, 0.1) is 0 Å². The van der Waals surface area contributed by atoms with Gasteiger partial charge in [0.25, 0.3) is 0 Å². The average molecular weight is 232 g/mol. The molecule has 0 unspecified atom stereocenters. The zero-order valence-corrected chi connectivity index (χ0v) is 9.22. The Labute approximate surface area is 98.8 Å². The number of aliphatic imine (C=N–C) groups is 1. The number of rotatable bonds is 2. The van der Waals surface area contributed by atoms with E-state index in [0.29, 0.717) is 10.7 Å². The fraction of sp³-hybridized carbons (Fsp3) is 0. The Hall–Kier alpha value is -1.80. The van der Waals surface area contributed by atoms with Crippen LogP contribution in [0.3, 0.4) is 0 Å². The summed E-state index contributed by atoms with van der Waals surface area (Å²) >= 11 is 5.98. The van der Waals surface area contributed by atoms with Gasteiger partial charge in [-0.2, -0.15) is 0 Å². The van der Waals surface area contributed by atoms with Crippen LogP contribution in [-0.4, -0.2) is 11.3 Å². The van der Waals surface area contributed by atoms with Gasteiger partial charge in [-0.1, -0.05) is 41.9 Å². The van der Waals surface area contributed by atoms with Gasteiger partial charge in [-0.25, -0.2) is 0 Å². The van der Waals surface area contributed by atoms with Gasteiger partial charge in [0.2, 0.25) is 0 Å². The molecule has 2 aromatic rings. The molecule has 80 valence electrons. The second kappa shape index (κ2) is 4.81. The molecule has 0 saturated carbocycles. The first-order valence-corrected chi connectivity index (χ1v) is 5.22. The molecule has 2 nitrogen and oxygen atoms in total. The number of halogens is 1. The maximum Gasteiger partial charge on any atom is 0.141 e. The highest BCUT2D eigenvalue weighted by Crippen LogP contribution is 2.25. The molecule has 0 fully saturated rings. The van der Waals surface area contributed by atoms with Crippen molar-refractivity contribution >= 4 is 23.5 Å². The largest absolute Gasteiger partial charge is 0.506 e. The van der Waals surface area contributed by atoms with Crippen LogP contribution >= 0.6 is 11.6 Å². The van der Waals surface area contributed by atoms with E-state index >= 15 is 0 Å². The Kier molecular flexibility index (Phi) is 3.22. The maximum atomic E-state index is 9.51. The van der Waals surface area contributed by atoms with Gasteiger partial charge >= 0.3 is 0 Å². The van der Waals surface area contributed by atoms with Crippen molar-refractivity contribution in [2.75, 3.05) is 0 Å². The number of phenols is 1. The van der Waals surface area contributed by atoms with Crippen molar-refractivity contribution in [3.05, 3.63) is 59.1 Å². The molecule has 3 heteroatoms. The minimum Gasteiger partial charge on any atom is -0.506 e. The first-order chi connectivity index (χ1) is 7.77. The third kappa shape index (κ3) is 2.41. The summed E-state index contributed by atoms with van der Waals surface area (Å²) in [5.41, 5.74) is 1.36. The third-order valence-corrected chi connectivity index (χ3v) is 2.47. The minimum absolute atomic E-state index is 0.158. The smallest absolute Gasteiger partial charge is 0.141 e. The molecule has 0 spiro atoms. The van der Waals surface area contributed by atoms with E-state index < -0.39 is 0 Å². The van der Waals surface area contributed by atoms with Crippen molar-refractivity contribution in [2.45, 2.75) is 0 Å². The molecule has 0 bridgehead atoms. The molecule has 0 aliphatic carbocycles. The summed E-state index contributed by atoms with van der Waals surface area (Å²) in [4.78, 5) is 4.18. The highest BCUT2D eigenvalue weighted by atomic mass is 35.5.